The fourth-order valence-electron chi connectivity index (χ4n) is 4.62. The lowest BCUT2D eigenvalue weighted by atomic mass is 9.98. The van der Waals surface area contributed by atoms with Gasteiger partial charge in [-0.2, -0.15) is 11.8 Å². The van der Waals surface area contributed by atoms with Crippen LogP contribution in [0, 0.1) is 11.8 Å². The average Bonchev–Trinajstić information content (AvgIpc) is 3.36. The van der Waals surface area contributed by atoms with Gasteiger partial charge in [0.05, 0.1) is 11.7 Å². The zero-order valence-electron chi connectivity index (χ0n) is 18.5. The Balaban J connectivity index is 1.17. The van der Waals surface area contributed by atoms with Crippen molar-refractivity contribution < 1.29 is 24.2 Å². The second-order valence-electron chi connectivity index (χ2n) is 8.53. The molecule has 2 N–H and O–H groups in total. The standard InChI is InChI=1S/C25H28N2O5S/c1-16-12-27(13-21(16)24(29)30)23(28)15-33-11-10-26-25(31)32-14-22-19-8-4-2-6-17(19)18-7-3-5-9-20(18)22/h2-9,16,21-22H,10-15H2,1H3,(H,26,31)(H,29,30)/t16-,21-/m1/s1. The summed E-state index contributed by atoms with van der Waals surface area (Å²) in [5.41, 5.74) is 4.71. The molecule has 2 aliphatic rings. The third-order valence-corrected chi connectivity index (χ3v) is 7.31. The molecule has 0 bridgehead atoms. The highest BCUT2D eigenvalue weighted by molar-refractivity contribution is 7.99. The van der Waals surface area contributed by atoms with Crippen molar-refractivity contribution in [1.29, 1.82) is 0 Å². The summed E-state index contributed by atoms with van der Waals surface area (Å²) in [7, 11) is 0. The normalized spacial score (nSPS) is 19.1. The molecule has 1 heterocycles. The molecule has 33 heavy (non-hydrogen) atoms. The number of fused-ring (bicyclic) bond motifs is 3. The second kappa shape index (κ2) is 10.3. The predicted molar refractivity (Wildman–Crippen MR) is 127 cm³/mol. The number of carboxylic acids is 1. The molecule has 1 fully saturated rings. The van der Waals surface area contributed by atoms with E-state index in [1.807, 2.05) is 31.2 Å². The molecule has 2 amide bonds. The molecule has 1 aliphatic carbocycles. The zero-order valence-corrected chi connectivity index (χ0v) is 19.3. The van der Waals surface area contributed by atoms with Crippen LogP contribution in [0.2, 0.25) is 0 Å². The summed E-state index contributed by atoms with van der Waals surface area (Å²) in [6.45, 7) is 3.27. The number of carbonyl (C=O) groups excluding carboxylic acids is 2. The van der Waals surface area contributed by atoms with E-state index in [0.717, 1.165) is 0 Å². The molecule has 2 aromatic rings. The van der Waals surface area contributed by atoms with Crippen LogP contribution in [0.3, 0.4) is 0 Å². The van der Waals surface area contributed by atoms with Crippen molar-refractivity contribution in [3.05, 3.63) is 59.7 Å². The number of likely N-dealkylation sites (tertiary alicyclic amines) is 1. The molecule has 7 nitrogen and oxygen atoms in total. The maximum Gasteiger partial charge on any atom is 0.407 e. The Morgan fingerprint density at radius 3 is 2.30 bits per heavy atom. The van der Waals surface area contributed by atoms with Gasteiger partial charge in [-0.15, -0.1) is 0 Å². The number of benzene rings is 2. The molecule has 0 radical (unpaired) electrons. The van der Waals surface area contributed by atoms with Gasteiger partial charge in [-0.05, 0) is 28.2 Å². The molecule has 0 unspecified atom stereocenters. The van der Waals surface area contributed by atoms with Gasteiger partial charge in [-0.25, -0.2) is 4.79 Å². The maximum atomic E-state index is 12.3. The van der Waals surface area contributed by atoms with E-state index in [4.69, 9.17) is 4.74 Å². The number of rotatable bonds is 8. The highest BCUT2D eigenvalue weighted by atomic mass is 32.2. The Labute approximate surface area is 197 Å². The summed E-state index contributed by atoms with van der Waals surface area (Å²) < 4.78 is 5.50. The van der Waals surface area contributed by atoms with Gasteiger partial charge < -0.3 is 20.1 Å². The summed E-state index contributed by atoms with van der Waals surface area (Å²) >= 11 is 1.42. The maximum absolute atomic E-state index is 12.3. The number of hydrogen-bond acceptors (Lipinski definition) is 5. The Morgan fingerprint density at radius 1 is 1.06 bits per heavy atom. The van der Waals surface area contributed by atoms with Crippen molar-refractivity contribution >= 4 is 29.7 Å². The summed E-state index contributed by atoms with van der Waals surface area (Å²) in [6, 6.07) is 16.4. The first-order valence-electron chi connectivity index (χ1n) is 11.1. The minimum atomic E-state index is -0.849. The third kappa shape index (κ3) is 5.16. The fraction of sp³-hybridized carbons (Fsp3) is 0.400. The van der Waals surface area contributed by atoms with Crippen LogP contribution in [-0.4, -0.2) is 65.7 Å². The van der Waals surface area contributed by atoms with Gasteiger partial charge in [-0.3, -0.25) is 9.59 Å². The quantitative estimate of drug-likeness (QED) is 0.577. The molecular weight excluding hydrogens is 440 g/mol. The molecule has 8 heteroatoms. The molecule has 174 valence electrons. The van der Waals surface area contributed by atoms with E-state index in [1.54, 1.807) is 4.90 Å². The number of carbonyl (C=O) groups is 3. The predicted octanol–water partition coefficient (Wildman–Crippen LogP) is 3.44. The number of nitrogens with zero attached hydrogens (tertiary/aromatic N) is 1. The van der Waals surface area contributed by atoms with Crippen LogP contribution in [0.4, 0.5) is 4.79 Å². The van der Waals surface area contributed by atoms with Crippen molar-refractivity contribution in [3.63, 3.8) is 0 Å². The highest BCUT2D eigenvalue weighted by Gasteiger charge is 2.36. The average molecular weight is 469 g/mol. The number of carboxylic acid groups (broad SMARTS) is 1. The second-order valence-corrected chi connectivity index (χ2v) is 9.63. The van der Waals surface area contributed by atoms with Crippen LogP contribution in [0.25, 0.3) is 11.1 Å². The van der Waals surface area contributed by atoms with E-state index in [9.17, 15) is 19.5 Å². The Hall–Kier alpha value is -3.00. The van der Waals surface area contributed by atoms with E-state index in [0.29, 0.717) is 18.8 Å². The van der Waals surface area contributed by atoms with E-state index < -0.39 is 18.0 Å². The van der Waals surface area contributed by atoms with Crippen LogP contribution in [-0.2, 0) is 14.3 Å². The number of nitrogens with one attached hydrogen (secondary N) is 1. The zero-order chi connectivity index (χ0) is 23.4. The SMILES string of the molecule is C[C@@H]1CN(C(=O)CSCCNC(=O)OCC2c3ccccc3-c3ccccc32)C[C@H]1C(=O)O. The molecule has 2 aromatic carbocycles. The molecule has 0 saturated carbocycles. The van der Waals surface area contributed by atoms with Gasteiger partial charge in [-0.1, -0.05) is 55.5 Å². The van der Waals surface area contributed by atoms with Crippen LogP contribution >= 0.6 is 11.8 Å². The largest absolute Gasteiger partial charge is 0.481 e. The van der Waals surface area contributed by atoms with Gasteiger partial charge in [0.15, 0.2) is 0 Å². The third-order valence-electron chi connectivity index (χ3n) is 6.37. The van der Waals surface area contributed by atoms with Crippen molar-refractivity contribution in [2.75, 3.05) is 37.7 Å². The van der Waals surface area contributed by atoms with E-state index >= 15 is 0 Å². The number of alkyl carbamates (subject to hydrolysis) is 1. The van der Waals surface area contributed by atoms with Crippen LogP contribution in [0.15, 0.2) is 48.5 Å². The van der Waals surface area contributed by atoms with Gasteiger partial charge in [0.1, 0.15) is 6.61 Å². The van der Waals surface area contributed by atoms with Crippen molar-refractivity contribution in [2.24, 2.45) is 11.8 Å². The number of hydrogen-bond donors (Lipinski definition) is 2. The fourth-order valence-corrected chi connectivity index (χ4v) is 5.37. The lowest BCUT2D eigenvalue weighted by Crippen LogP contribution is -2.32. The summed E-state index contributed by atoms with van der Waals surface area (Å²) in [5, 5.41) is 11.9. The van der Waals surface area contributed by atoms with Crippen LogP contribution < -0.4 is 5.32 Å². The molecule has 0 aromatic heterocycles. The summed E-state index contributed by atoms with van der Waals surface area (Å²) in [5.74, 6) is -0.574. The van der Waals surface area contributed by atoms with Crippen molar-refractivity contribution in [1.82, 2.24) is 10.2 Å². The first-order chi connectivity index (χ1) is 16.0. The van der Waals surface area contributed by atoms with Gasteiger partial charge >= 0.3 is 12.1 Å². The van der Waals surface area contributed by atoms with Crippen LogP contribution in [0.1, 0.15) is 24.0 Å². The van der Waals surface area contributed by atoms with E-state index in [1.165, 1.54) is 34.0 Å². The summed E-state index contributed by atoms with van der Waals surface area (Å²) in [6.07, 6.45) is -0.471. The Bertz CT molecular complexity index is 997. The monoisotopic (exact) mass is 468 g/mol. The number of amides is 2. The topological polar surface area (TPSA) is 95.9 Å². The van der Waals surface area contributed by atoms with Gasteiger partial charge in [0, 0.05) is 31.3 Å². The lowest BCUT2D eigenvalue weighted by Gasteiger charge is -2.16. The molecule has 1 aliphatic heterocycles. The first-order valence-corrected chi connectivity index (χ1v) is 12.3. The molecule has 0 spiro atoms. The molecule has 1 saturated heterocycles. The molecular formula is C25H28N2O5S. The number of thioether (sulfide) groups is 1. The van der Waals surface area contributed by atoms with E-state index in [-0.39, 0.29) is 36.6 Å². The molecule has 2 atom stereocenters. The van der Waals surface area contributed by atoms with Gasteiger partial charge in [0.2, 0.25) is 5.91 Å². The lowest BCUT2D eigenvalue weighted by molar-refractivity contribution is -0.142. The highest BCUT2D eigenvalue weighted by Crippen LogP contribution is 2.44. The van der Waals surface area contributed by atoms with Crippen molar-refractivity contribution in [2.45, 2.75) is 12.8 Å². The smallest absolute Gasteiger partial charge is 0.407 e. The summed E-state index contributed by atoms with van der Waals surface area (Å²) in [4.78, 5) is 37.3. The van der Waals surface area contributed by atoms with Crippen LogP contribution in [0.5, 0.6) is 0 Å². The Kier molecular flexibility index (Phi) is 7.23. The van der Waals surface area contributed by atoms with E-state index in [2.05, 4.69) is 29.6 Å². The minimum absolute atomic E-state index is 0.0210. The minimum Gasteiger partial charge on any atom is -0.481 e. The van der Waals surface area contributed by atoms with Gasteiger partial charge in [0.25, 0.3) is 0 Å². The Morgan fingerprint density at radius 2 is 1.70 bits per heavy atom. The molecule has 4 rings (SSSR count). The first kappa shape index (κ1) is 23.2. The number of aliphatic carboxylic acids is 1. The number of ether oxygens (including phenoxy) is 1. The van der Waals surface area contributed by atoms with Crippen molar-refractivity contribution in [3.8, 4) is 11.1 Å².